The van der Waals surface area contributed by atoms with Crippen molar-refractivity contribution in [3.63, 3.8) is 0 Å². The molecule has 0 N–H and O–H groups in total. The second-order valence-corrected chi connectivity index (χ2v) is 11.3. The predicted molar refractivity (Wildman–Crippen MR) is 111 cm³/mol. The van der Waals surface area contributed by atoms with E-state index >= 15 is 0 Å². The molecule has 0 unspecified atom stereocenters. The van der Waals surface area contributed by atoms with Crippen LogP contribution in [0.15, 0.2) is 5.38 Å². The summed E-state index contributed by atoms with van der Waals surface area (Å²) in [5.41, 5.74) is 2.32. The van der Waals surface area contributed by atoms with Crippen molar-refractivity contribution < 1.29 is 13.2 Å². The summed E-state index contributed by atoms with van der Waals surface area (Å²) in [6.07, 6.45) is 2.64. The van der Waals surface area contributed by atoms with E-state index in [1.807, 2.05) is 23.8 Å². The standard InChI is InChI=1S/C19H28N4O3S2/c1-13-11-27-19-18(20-14(2)23(13)19)15-5-4-7-22(9-15)17(24)10-21(3)16-6-8-28(25,26)12-16/h11,15-16H,4-10,12H2,1-3H3/t15-,16-/m0/s1. The Morgan fingerprint density at radius 3 is 2.86 bits per heavy atom. The number of aromatic nitrogens is 2. The molecule has 0 bridgehead atoms. The molecule has 28 heavy (non-hydrogen) atoms. The Balaban J connectivity index is 1.44. The van der Waals surface area contributed by atoms with Crippen LogP contribution >= 0.6 is 11.3 Å². The van der Waals surface area contributed by atoms with Crippen LogP contribution in [0.1, 0.15) is 42.4 Å². The van der Waals surface area contributed by atoms with Crippen molar-refractivity contribution in [2.45, 2.75) is 45.1 Å². The van der Waals surface area contributed by atoms with E-state index in [0.717, 1.165) is 30.9 Å². The van der Waals surface area contributed by atoms with E-state index in [1.165, 1.54) is 10.5 Å². The third-order valence-corrected chi connectivity index (χ3v) is 8.92. The molecule has 0 spiro atoms. The molecule has 2 atom stereocenters. The number of sulfone groups is 1. The molecular formula is C19H28N4O3S2. The number of likely N-dealkylation sites (tertiary alicyclic amines) is 1. The van der Waals surface area contributed by atoms with E-state index in [4.69, 9.17) is 4.98 Å². The fourth-order valence-corrected chi connectivity index (χ4v) is 7.42. The topological polar surface area (TPSA) is 75.0 Å². The van der Waals surface area contributed by atoms with Gasteiger partial charge in [0.1, 0.15) is 10.7 Å². The van der Waals surface area contributed by atoms with Crippen LogP contribution in [0.3, 0.4) is 0 Å². The lowest BCUT2D eigenvalue weighted by molar-refractivity contribution is -0.133. The number of amides is 1. The summed E-state index contributed by atoms with van der Waals surface area (Å²) >= 11 is 1.72. The third-order valence-electron chi connectivity index (χ3n) is 6.10. The SMILES string of the molecule is Cc1csc2c([C@H]3CCCN(C(=O)CN(C)[C@H]4CCS(=O)(=O)C4)C3)nc(C)n12. The molecule has 2 fully saturated rings. The number of nitrogens with zero attached hydrogens (tertiary/aromatic N) is 4. The van der Waals surface area contributed by atoms with Gasteiger partial charge in [0.2, 0.25) is 5.91 Å². The summed E-state index contributed by atoms with van der Waals surface area (Å²) in [5.74, 6) is 1.76. The van der Waals surface area contributed by atoms with Crippen molar-refractivity contribution in [2.75, 3.05) is 38.2 Å². The van der Waals surface area contributed by atoms with Crippen LogP contribution in [0.4, 0.5) is 0 Å². The second kappa shape index (κ2) is 7.42. The van der Waals surface area contributed by atoms with Crippen molar-refractivity contribution in [3.8, 4) is 0 Å². The maximum Gasteiger partial charge on any atom is 0.236 e. The van der Waals surface area contributed by atoms with Gasteiger partial charge in [0, 0.05) is 36.1 Å². The monoisotopic (exact) mass is 424 g/mol. The van der Waals surface area contributed by atoms with E-state index in [2.05, 4.69) is 16.7 Å². The summed E-state index contributed by atoms with van der Waals surface area (Å²) in [7, 11) is -1.08. The zero-order chi connectivity index (χ0) is 20.1. The van der Waals surface area contributed by atoms with E-state index in [9.17, 15) is 13.2 Å². The molecule has 2 aliphatic rings. The number of carbonyl (C=O) groups excluding carboxylic acids is 1. The minimum absolute atomic E-state index is 0.0425. The molecule has 2 aromatic rings. The third kappa shape index (κ3) is 3.71. The van der Waals surface area contributed by atoms with Crippen molar-refractivity contribution in [3.05, 3.63) is 22.6 Å². The largest absolute Gasteiger partial charge is 0.341 e. The minimum Gasteiger partial charge on any atom is -0.341 e. The van der Waals surface area contributed by atoms with Crippen LogP contribution in [0.5, 0.6) is 0 Å². The quantitative estimate of drug-likeness (QED) is 0.749. The average molecular weight is 425 g/mol. The predicted octanol–water partition coefficient (Wildman–Crippen LogP) is 1.84. The number of thiazole rings is 1. The molecule has 7 nitrogen and oxygen atoms in total. The van der Waals surface area contributed by atoms with Crippen molar-refractivity contribution in [2.24, 2.45) is 0 Å². The van der Waals surface area contributed by atoms with Crippen LogP contribution in [0, 0.1) is 13.8 Å². The van der Waals surface area contributed by atoms with Gasteiger partial charge < -0.3 is 4.90 Å². The fraction of sp³-hybridized carbons (Fsp3) is 0.684. The van der Waals surface area contributed by atoms with E-state index in [-0.39, 0.29) is 35.9 Å². The lowest BCUT2D eigenvalue weighted by Crippen LogP contribution is -2.46. The van der Waals surface area contributed by atoms with Gasteiger partial charge in [-0.2, -0.15) is 0 Å². The highest BCUT2D eigenvalue weighted by atomic mass is 32.2. The van der Waals surface area contributed by atoms with Crippen LogP contribution in [0.2, 0.25) is 0 Å². The van der Waals surface area contributed by atoms with Crippen LogP contribution in [-0.4, -0.2) is 77.7 Å². The number of likely N-dealkylation sites (N-methyl/N-ethyl adjacent to an activating group) is 1. The Morgan fingerprint density at radius 2 is 2.14 bits per heavy atom. The Morgan fingerprint density at radius 1 is 1.36 bits per heavy atom. The van der Waals surface area contributed by atoms with Crippen LogP contribution < -0.4 is 0 Å². The highest BCUT2D eigenvalue weighted by Crippen LogP contribution is 2.33. The number of piperidine rings is 1. The Hall–Kier alpha value is -1.45. The molecule has 9 heteroatoms. The number of rotatable bonds is 4. The van der Waals surface area contributed by atoms with Gasteiger partial charge in [0.05, 0.1) is 23.7 Å². The smallest absolute Gasteiger partial charge is 0.236 e. The highest BCUT2D eigenvalue weighted by Gasteiger charge is 2.33. The summed E-state index contributed by atoms with van der Waals surface area (Å²) in [5, 5.41) is 2.16. The van der Waals surface area contributed by atoms with Crippen LogP contribution in [0.25, 0.3) is 4.83 Å². The number of hydrogen-bond acceptors (Lipinski definition) is 6. The lowest BCUT2D eigenvalue weighted by atomic mass is 9.95. The van der Waals surface area contributed by atoms with E-state index in [0.29, 0.717) is 13.0 Å². The first-order chi connectivity index (χ1) is 13.2. The summed E-state index contributed by atoms with van der Waals surface area (Å²) in [4.78, 5) is 22.8. The maximum atomic E-state index is 12.9. The lowest BCUT2D eigenvalue weighted by Gasteiger charge is -2.34. The summed E-state index contributed by atoms with van der Waals surface area (Å²) in [6.45, 7) is 5.87. The molecule has 1 amide bonds. The van der Waals surface area contributed by atoms with Gasteiger partial charge in [0.15, 0.2) is 9.84 Å². The first-order valence-electron chi connectivity index (χ1n) is 9.86. The number of fused-ring (bicyclic) bond motifs is 1. The number of aryl methyl sites for hydroxylation is 2. The second-order valence-electron chi connectivity index (χ2n) is 8.21. The molecule has 154 valence electrons. The average Bonchev–Trinajstić information content (AvgIpc) is 3.31. The van der Waals surface area contributed by atoms with Crippen molar-refractivity contribution >= 4 is 31.9 Å². The van der Waals surface area contributed by atoms with Gasteiger partial charge in [-0.15, -0.1) is 11.3 Å². The maximum absolute atomic E-state index is 12.9. The zero-order valence-electron chi connectivity index (χ0n) is 16.7. The molecule has 2 saturated heterocycles. The number of imidazole rings is 1. The summed E-state index contributed by atoms with van der Waals surface area (Å²) < 4.78 is 25.6. The Labute approximate surface area is 170 Å². The first kappa shape index (κ1) is 19.8. The minimum atomic E-state index is -2.94. The molecule has 0 radical (unpaired) electrons. The molecule has 2 aromatic heterocycles. The molecule has 0 aromatic carbocycles. The van der Waals surface area contributed by atoms with Gasteiger partial charge in [-0.1, -0.05) is 0 Å². The van der Waals surface area contributed by atoms with Gasteiger partial charge in [0.25, 0.3) is 0 Å². The molecule has 4 rings (SSSR count). The van der Waals surface area contributed by atoms with Gasteiger partial charge in [-0.05, 0) is 40.2 Å². The molecule has 0 saturated carbocycles. The van der Waals surface area contributed by atoms with Gasteiger partial charge in [-0.25, -0.2) is 13.4 Å². The first-order valence-corrected chi connectivity index (χ1v) is 12.6. The highest BCUT2D eigenvalue weighted by molar-refractivity contribution is 7.91. The normalized spacial score (nSPS) is 25.1. The van der Waals surface area contributed by atoms with Crippen LogP contribution in [-0.2, 0) is 14.6 Å². The Kier molecular flexibility index (Phi) is 5.26. The van der Waals surface area contributed by atoms with E-state index in [1.54, 1.807) is 11.3 Å². The fourth-order valence-electron chi connectivity index (χ4n) is 4.51. The summed E-state index contributed by atoms with van der Waals surface area (Å²) in [6, 6.07) is -0.0425. The number of hydrogen-bond donors (Lipinski definition) is 0. The van der Waals surface area contributed by atoms with Crippen molar-refractivity contribution in [1.82, 2.24) is 19.2 Å². The van der Waals surface area contributed by atoms with Gasteiger partial charge in [-0.3, -0.25) is 14.1 Å². The molecule has 4 heterocycles. The molecular weight excluding hydrogens is 396 g/mol. The van der Waals surface area contributed by atoms with Gasteiger partial charge >= 0.3 is 0 Å². The molecule has 2 aliphatic heterocycles. The molecule has 0 aliphatic carbocycles. The van der Waals surface area contributed by atoms with Crippen molar-refractivity contribution in [1.29, 1.82) is 0 Å². The Bertz CT molecular complexity index is 994. The number of carbonyl (C=O) groups is 1. The zero-order valence-corrected chi connectivity index (χ0v) is 18.4. The van der Waals surface area contributed by atoms with E-state index < -0.39 is 9.84 Å².